The van der Waals surface area contributed by atoms with Crippen molar-refractivity contribution in [2.24, 2.45) is 5.16 Å². The monoisotopic (exact) mass is 362 g/mol. The van der Waals surface area contributed by atoms with Crippen LogP contribution in [0.3, 0.4) is 0 Å². The number of halogens is 1. The van der Waals surface area contributed by atoms with Gasteiger partial charge in [0.25, 0.3) is 0 Å². The number of oxime groups is 1. The third kappa shape index (κ3) is 5.40. The highest BCUT2D eigenvalue weighted by Crippen LogP contribution is 2.20. The van der Waals surface area contributed by atoms with E-state index in [9.17, 15) is 14.0 Å². The van der Waals surface area contributed by atoms with Crippen molar-refractivity contribution in [2.75, 3.05) is 19.7 Å². The van der Waals surface area contributed by atoms with E-state index in [0.717, 1.165) is 0 Å². The number of amides is 1. The second-order valence-corrected chi connectivity index (χ2v) is 5.84. The van der Waals surface area contributed by atoms with Gasteiger partial charge in [-0.1, -0.05) is 29.4 Å². The number of esters is 1. The van der Waals surface area contributed by atoms with Crippen LogP contribution in [0.4, 0.5) is 4.39 Å². The Bertz CT molecular complexity index is 690. The fraction of sp³-hybridized carbons (Fsp3) is 0.421. The van der Waals surface area contributed by atoms with Gasteiger partial charge in [-0.2, -0.15) is 0 Å². The number of carbonyl (C=O) groups is 2. The van der Waals surface area contributed by atoms with Crippen molar-refractivity contribution in [3.05, 3.63) is 48.3 Å². The Morgan fingerprint density at radius 1 is 1.42 bits per heavy atom. The molecule has 0 spiro atoms. The molecule has 0 saturated heterocycles. The first kappa shape index (κ1) is 19.6. The zero-order valence-electron chi connectivity index (χ0n) is 14.8. The summed E-state index contributed by atoms with van der Waals surface area (Å²) in [6.07, 6.45) is 1.73. The summed E-state index contributed by atoms with van der Waals surface area (Å²) < 4.78 is 18.7. The van der Waals surface area contributed by atoms with Gasteiger partial charge in [-0.05, 0) is 13.0 Å². The van der Waals surface area contributed by atoms with Crippen LogP contribution in [-0.2, 0) is 19.2 Å². The average molecular weight is 362 g/mol. The largest absolute Gasteiger partial charge is 0.466 e. The quantitative estimate of drug-likeness (QED) is 0.500. The molecule has 1 aromatic carbocycles. The molecule has 26 heavy (non-hydrogen) atoms. The van der Waals surface area contributed by atoms with Gasteiger partial charge in [0.2, 0.25) is 5.91 Å². The summed E-state index contributed by atoms with van der Waals surface area (Å²) in [6.45, 7) is 6.27. The molecule has 1 heterocycles. The van der Waals surface area contributed by atoms with Crippen LogP contribution in [-0.4, -0.2) is 48.3 Å². The summed E-state index contributed by atoms with van der Waals surface area (Å²) in [5, 5.41) is 3.96. The van der Waals surface area contributed by atoms with Crippen LogP contribution >= 0.6 is 0 Å². The minimum atomic E-state index is -0.401. The van der Waals surface area contributed by atoms with Crippen molar-refractivity contribution in [1.82, 2.24) is 4.90 Å². The molecule has 1 amide bonds. The fourth-order valence-electron chi connectivity index (χ4n) is 2.66. The second-order valence-electron chi connectivity index (χ2n) is 5.84. The molecule has 1 aliphatic rings. The van der Waals surface area contributed by atoms with Crippen molar-refractivity contribution >= 4 is 17.6 Å². The lowest BCUT2D eigenvalue weighted by Gasteiger charge is -2.23. The average Bonchev–Trinajstić information content (AvgIpc) is 3.08. The van der Waals surface area contributed by atoms with Crippen LogP contribution < -0.4 is 0 Å². The fourth-order valence-corrected chi connectivity index (χ4v) is 2.66. The van der Waals surface area contributed by atoms with E-state index in [1.807, 2.05) is 0 Å². The maximum atomic E-state index is 13.9. The normalized spacial score (nSPS) is 15.8. The molecule has 7 heteroatoms. The van der Waals surface area contributed by atoms with Crippen LogP contribution in [0.1, 0.15) is 31.7 Å². The first-order valence-corrected chi connectivity index (χ1v) is 8.57. The lowest BCUT2D eigenvalue weighted by atomic mass is 10.0. The molecule has 1 aliphatic heterocycles. The highest BCUT2D eigenvalue weighted by molar-refractivity contribution is 6.01. The summed E-state index contributed by atoms with van der Waals surface area (Å²) in [5.74, 6) is -0.952. The van der Waals surface area contributed by atoms with Crippen molar-refractivity contribution in [3.63, 3.8) is 0 Å². The smallest absolute Gasteiger partial charge is 0.306 e. The van der Waals surface area contributed by atoms with Crippen LogP contribution in [0.25, 0.3) is 0 Å². The summed E-state index contributed by atoms with van der Waals surface area (Å²) >= 11 is 0. The summed E-state index contributed by atoms with van der Waals surface area (Å²) in [6, 6.07) is 6.36. The number of benzene rings is 1. The Hall–Kier alpha value is -2.70. The minimum absolute atomic E-state index is 0.0306. The maximum Gasteiger partial charge on any atom is 0.306 e. The SMILES string of the molecule is C=CCN(CC1CC(c2ccccc2F)=NO1)C(=O)CCC(=O)OCC. The maximum absolute atomic E-state index is 13.9. The third-order valence-corrected chi connectivity index (χ3v) is 3.89. The highest BCUT2D eigenvalue weighted by Gasteiger charge is 2.27. The number of hydrogen-bond donors (Lipinski definition) is 0. The molecule has 0 N–H and O–H groups in total. The molecule has 1 unspecified atom stereocenters. The van der Waals surface area contributed by atoms with Crippen LogP contribution in [0.15, 0.2) is 42.1 Å². The molecule has 1 aromatic rings. The zero-order chi connectivity index (χ0) is 18.9. The Labute approximate surface area is 152 Å². The standard InChI is InChI=1S/C19H23FN2O4/c1-3-11-22(18(23)9-10-19(24)25-4-2)13-14-12-17(21-26-14)15-7-5-6-8-16(15)20/h3,5-8,14H,1,4,9-13H2,2H3. The van der Waals surface area contributed by atoms with E-state index in [0.29, 0.717) is 24.2 Å². The van der Waals surface area contributed by atoms with E-state index in [4.69, 9.17) is 9.57 Å². The van der Waals surface area contributed by atoms with Gasteiger partial charge in [-0.3, -0.25) is 9.59 Å². The topological polar surface area (TPSA) is 68.2 Å². The van der Waals surface area contributed by atoms with Crippen LogP contribution in [0.2, 0.25) is 0 Å². The van der Waals surface area contributed by atoms with Gasteiger partial charge in [0.1, 0.15) is 5.82 Å². The second kappa shape index (κ2) is 9.70. The number of rotatable bonds is 9. The van der Waals surface area contributed by atoms with E-state index in [2.05, 4.69) is 11.7 Å². The molecule has 1 atom stereocenters. The highest BCUT2D eigenvalue weighted by atomic mass is 19.1. The van der Waals surface area contributed by atoms with E-state index >= 15 is 0 Å². The lowest BCUT2D eigenvalue weighted by molar-refractivity contribution is -0.145. The van der Waals surface area contributed by atoms with Crippen molar-refractivity contribution in [1.29, 1.82) is 0 Å². The number of hydrogen-bond acceptors (Lipinski definition) is 5. The Morgan fingerprint density at radius 2 is 2.19 bits per heavy atom. The molecule has 0 radical (unpaired) electrons. The number of ether oxygens (including phenoxy) is 1. The third-order valence-electron chi connectivity index (χ3n) is 3.89. The molecular formula is C19H23FN2O4. The predicted octanol–water partition coefficient (Wildman–Crippen LogP) is 2.68. The molecule has 0 aromatic heterocycles. The van der Waals surface area contributed by atoms with Crippen molar-refractivity contribution < 1.29 is 23.6 Å². The van der Waals surface area contributed by atoms with Gasteiger partial charge >= 0.3 is 5.97 Å². The summed E-state index contributed by atoms with van der Waals surface area (Å²) in [7, 11) is 0. The van der Waals surface area contributed by atoms with Gasteiger partial charge in [0.05, 0.1) is 25.3 Å². The van der Waals surface area contributed by atoms with Gasteiger partial charge in [0.15, 0.2) is 6.10 Å². The Balaban J connectivity index is 1.90. The Kier molecular flexibility index (Phi) is 7.32. The lowest BCUT2D eigenvalue weighted by Crippen LogP contribution is -2.38. The molecule has 0 aliphatic carbocycles. The van der Waals surface area contributed by atoms with Crippen LogP contribution in [0, 0.1) is 5.82 Å². The first-order chi connectivity index (χ1) is 12.5. The Morgan fingerprint density at radius 3 is 2.88 bits per heavy atom. The summed E-state index contributed by atoms with van der Waals surface area (Å²) in [4.78, 5) is 30.7. The van der Waals surface area contributed by atoms with Gasteiger partial charge in [0, 0.05) is 24.9 Å². The van der Waals surface area contributed by atoms with Gasteiger partial charge < -0.3 is 14.5 Å². The summed E-state index contributed by atoms with van der Waals surface area (Å²) in [5.41, 5.74) is 0.921. The van der Waals surface area contributed by atoms with Gasteiger partial charge in [-0.15, -0.1) is 6.58 Å². The molecule has 0 bridgehead atoms. The predicted molar refractivity (Wildman–Crippen MR) is 95.1 cm³/mol. The van der Waals surface area contributed by atoms with E-state index in [-0.39, 0.29) is 43.8 Å². The zero-order valence-corrected chi connectivity index (χ0v) is 14.8. The van der Waals surface area contributed by atoms with Crippen molar-refractivity contribution in [3.8, 4) is 0 Å². The number of carbonyl (C=O) groups excluding carboxylic acids is 2. The molecule has 0 saturated carbocycles. The minimum Gasteiger partial charge on any atom is -0.466 e. The van der Waals surface area contributed by atoms with Crippen molar-refractivity contribution in [2.45, 2.75) is 32.3 Å². The molecule has 140 valence electrons. The molecular weight excluding hydrogens is 339 g/mol. The van der Waals surface area contributed by atoms with E-state index in [1.54, 1.807) is 36.1 Å². The van der Waals surface area contributed by atoms with E-state index < -0.39 is 5.97 Å². The van der Waals surface area contributed by atoms with Crippen LogP contribution in [0.5, 0.6) is 0 Å². The number of nitrogens with zero attached hydrogens (tertiary/aromatic N) is 2. The first-order valence-electron chi connectivity index (χ1n) is 8.57. The molecule has 6 nitrogen and oxygen atoms in total. The van der Waals surface area contributed by atoms with E-state index in [1.165, 1.54) is 6.07 Å². The molecule has 0 fully saturated rings. The molecule has 2 rings (SSSR count). The van der Waals surface area contributed by atoms with Gasteiger partial charge in [-0.25, -0.2) is 4.39 Å².